The Balaban J connectivity index is 1.76. The first-order valence-corrected chi connectivity index (χ1v) is 13.6. The van der Waals surface area contributed by atoms with Gasteiger partial charge in [-0.05, 0) is 42.9 Å². The van der Waals surface area contributed by atoms with Crippen molar-refractivity contribution in [1.29, 1.82) is 0 Å². The van der Waals surface area contributed by atoms with E-state index in [1.807, 2.05) is 26.0 Å². The maximum atomic E-state index is 11.6. The van der Waals surface area contributed by atoms with Gasteiger partial charge in [0, 0.05) is 0 Å². The van der Waals surface area contributed by atoms with E-state index in [2.05, 4.69) is 0 Å². The van der Waals surface area contributed by atoms with E-state index >= 15 is 0 Å². The van der Waals surface area contributed by atoms with Crippen LogP contribution in [0.4, 0.5) is 0 Å². The molecular weight excluding hydrogens is 412 g/mol. The molecule has 0 heterocycles. The van der Waals surface area contributed by atoms with Gasteiger partial charge < -0.3 is 14.9 Å². The summed E-state index contributed by atoms with van der Waals surface area (Å²) in [4.78, 5) is 11.6. The molecule has 33 heavy (non-hydrogen) atoms. The fourth-order valence-corrected chi connectivity index (χ4v) is 4.09. The van der Waals surface area contributed by atoms with Gasteiger partial charge in [0.25, 0.3) is 0 Å². The van der Waals surface area contributed by atoms with Gasteiger partial charge in [0.15, 0.2) is 6.10 Å². The van der Waals surface area contributed by atoms with E-state index in [1.165, 1.54) is 89.0 Å². The molecule has 0 aliphatic carbocycles. The highest BCUT2D eigenvalue weighted by molar-refractivity contribution is 5.74. The molecule has 1 rings (SSSR count). The predicted octanol–water partition coefficient (Wildman–Crippen LogP) is 7.74. The van der Waals surface area contributed by atoms with Crippen LogP contribution in [0.25, 0.3) is 0 Å². The second-order valence-corrected chi connectivity index (χ2v) is 10.0. The second-order valence-electron chi connectivity index (χ2n) is 10.0. The van der Waals surface area contributed by atoms with Crippen molar-refractivity contribution in [2.75, 3.05) is 6.61 Å². The number of aliphatic hydroxyl groups excluding tert-OH is 1. The normalized spacial score (nSPS) is 12.2. The van der Waals surface area contributed by atoms with Crippen LogP contribution in [0.15, 0.2) is 24.3 Å². The van der Waals surface area contributed by atoms with Crippen molar-refractivity contribution in [3.8, 4) is 5.75 Å². The quantitative estimate of drug-likeness (QED) is 0.145. The lowest BCUT2D eigenvalue weighted by atomic mass is 10.0. The number of hydrogen-bond donors (Lipinski definition) is 2. The molecule has 1 unspecified atom stereocenters. The fraction of sp³-hybridized carbons (Fsp3) is 0.759. The van der Waals surface area contributed by atoms with E-state index in [0.717, 1.165) is 19.3 Å². The van der Waals surface area contributed by atoms with Crippen LogP contribution in [0, 0.1) is 5.92 Å². The number of carbonyl (C=O) groups is 1. The first kappa shape index (κ1) is 29.5. The van der Waals surface area contributed by atoms with E-state index in [1.54, 1.807) is 12.1 Å². The molecule has 190 valence electrons. The minimum Gasteiger partial charge on any atom is -0.508 e. The van der Waals surface area contributed by atoms with Crippen molar-refractivity contribution in [2.45, 2.75) is 129 Å². The van der Waals surface area contributed by atoms with E-state index in [9.17, 15) is 15.0 Å². The Kier molecular flexibility index (Phi) is 17.8. The summed E-state index contributed by atoms with van der Waals surface area (Å²) in [6.07, 6.45) is 19.9. The summed E-state index contributed by atoms with van der Waals surface area (Å²) in [5.41, 5.74) is 1.32. The van der Waals surface area contributed by atoms with Crippen LogP contribution in [-0.2, 0) is 16.0 Å². The first-order valence-electron chi connectivity index (χ1n) is 13.6. The molecule has 0 aliphatic rings. The van der Waals surface area contributed by atoms with Crippen LogP contribution < -0.4 is 0 Å². The standard InChI is InChI=1S/C29H50O4/c1-25(2)24-33-29(32)28(31)19-17-15-13-11-9-7-5-3-4-6-8-10-12-14-16-18-26-20-22-27(30)23-21-26/h20-23,25,28,30-31H,3-19,24H2,1-2H3. The molecule has 2 N–H and O–H groups in total. The molecule has 0 fully saturated rings. The Morgan fingerprint density at radius 1 is 0.727 bits per heavy atom. The van der Waals surface area contributed by atoms with Crippen LogP contribution in [0.3, 0.4) is 0 Å². The molecule has 0 bridgehead atoms. The molecule has 1 atom stereocenters. The summed E-state index contributed by atoms with van der Waals surface area (Å²) in [6.45, 7) is 4.37. The van der Waals surface area contributed by atoms with Gasteiger partial charge in [0.2, 0.25) is 0 Å². The predicted molar refractivity (Wildman–Crippen MR) is 137 cm³/mol. The number of phenolic OH excluding ortho intramolecular Hbond substituents is 1. The third-order valence-electron chi connectivity index (χ3n) is 6.21. The number of benzene rings is 1. The van der Waals surface area contributed by atoms with Crippen LogP contribution in [0.5, 0.6) is 5.75 Å². The summed E-state index contributed by atoms with van der Waals surface area (Å²) in [7, 11) is 0. The van der Waals surface area contributed by atoms with Gasteiger partial charge in [-0.2, -0.15) is 0 Å². The number of carbonyl (C=O) groups excluding carboxylic acids is 1. The van der Waals surface area contributed by atoms with Gasteiger partial charge in [-0.1, -0.05) is 116 Å². The van der Waals surface area contributed by atoms with Crippen molar-refractivity contribution in [3.63, 3.8) is 0 Å². The average molecular weight is 463 g/mol. The fourth-order valence-electron chi connectivity index (χ4n) is 4.09. The molecule has 1 aromatic rings. The number of esters is 1. The SMILES string of the molecule is CC(C)COC(=O)C(O)CCCCCCCCCCCCCCCCCc1ccc(O)cc1. The number of rotatable bonds is 21. The van der Waals surface area contributed by atoms with Crippen molar-refractivity contribution in [3.05, 3.63) is 29.8 Å². The van der Waals surface area contributed by atoms with E-state index in [0.29, 0.717) is 24.7 Å². The summed E-state index contributed by atoms with van der Waals surface area (Å²) in [6, 6.07) is 7.60. The zero-order valence-corrected chi connectivity index (χ0v) is 21.4. The summed E-state index contributed by atoms with van der Waals surface area (Å²) >= 11 is 0. The topological polar surface area (TPSA) is 66.8 Å². The summed E-state index contributed by atoms with van der Waals surface area (Å²) in [5, 5.41) is 19.1. The molecule has 4 nitrogen and oxygen atoms in total. The van der Waals surface area contributed by atoms with Crippen molar-refractivity contribution < 1.29 is 19.7 Å². The molecular formula is C29H50O4. The zero-order chi connectivity index (χ0) is 24.2. The lowest BCUT2D eigenvalue weighted by Crippen LogP contribution is -2.24. The Hall–Kier alpha value is -1.55. The van der Waals surface area contributed by atoms with Crippen LogP contribution >= 0.6 is 0 Å². The second kappa shape index (κ2) is 19.9. The highest BCUT2D eigenvalue weighted by Gasteiger charge is 2.16. The maximum Gasteiger partial charge on any atom is 0.334 e. The smallest absolute Gasteiger partial charge is 0.334 e. The Morgan fingerprint density at radius 2 is 1.15 bits per heavy atom. The molecule has 0 saturated heterocycles. The highest BCUT2D eigenvalue weighted by atomic mass is 16.5. The molecule has 4 heteroatoms. The van der Waals surface area contributed by atoms with E-state index in [-0.39, 0.29) is 0 Å². The van der Waals surface area contributed by atoms with E-state index in [4.69, 9.17) is 4.74 Å². The van der Waals surface area contributed by atoms with Gasteiger partial charge >= 0.3 is 5.97 Å². The lowest BCUT2D eigenvalue weighted by Gasteiger charge is -2.12. The molecule has 0 saturated carbocycles. The molecule has 0 spiro atoms. The number of phenols is 1. The third-order valence-corrected chi connectivity index (χ3v) is 6.21. The van der Waals surface area contributed by atoms with Crippen LogP contribution in [0.1, 0.15) is 122 Å². The molecule has 0 radical (unpaired) electrons. The number of aliphatic hydroxyl groups is 1. The maximum absolute atomic E-state index is 11.6. The Morgan fingerprint density at radius 3 is 1.61 bits per heavy atom. The van der Waals surface area contributed by atoms with Gasteiger partial charge in [0.05, 0.1) is 6.61 Å². The highest BCUT2D eigenvalue weighted by Crippen LogP contribution is 2.16. The minimum absolute atomic E-state index is 0.306. The van der Waals surface area contributed by atoms with Gasteiger partial charge in [-0.15, -0.1) is 0 Å². The molecule has 1 aromatic carbocycles. The van der Waals surface area contributed by atoms with Gasteiger partial charge in [-0.25, -0.2) is 4.79 Å². The number of unbranched alkanes of at least 4 members (excludes halogenated alkanes) is 14. The summed E-state index contributed by atoms with van der Waals surface area (Å²) < 4.78 is 5.07. The monoisotopic (exact) mass is 462 g/mol. The number of aromatic hydroxyl groups is 1. The van der Waals surface area contributed by atoms with Crippen molar-refractivity contribution in [2.24, 2.45) is 5.92 Å². The van der Waals surface area contributed by atoms with Crippen LogP contribution in [0.2, 0.25) is 0 Å². The lowest BCUT2D eigenvalue weighted by molar-refractivity contribution is -0.155. The number of ether oxygens (including phenoxy) is 1. The Labute approximate surface area is 203 Å². The largest absolute Gasteiger partial charge is 0.508 e. The number of hydrogen-bond acceptors (Lipinski definition) is 4. The number of aryl methyl sites for hydroxylation is 1. The minimum atomic E-state index is -0.950. The summed E-state index contributed by atoms with van der Waals surface area (Å²) in [5.74, 6) is 0.194. The molecule has 0 aromatic heterocycles. The van der Waals surface area contributed by atoms with Crippen molar-refractivity contribution in [1.82, 2.24) is 0 Å². The zero-order valence-electron chi connectivity index (χ0n) is 21.4. The van der Waals surface area contributed by atoms with Gasteiger partial charge in [-0.3, -0.25) is 0 Å². The van der Waals surface area contributed by atoms with Crippen molar-refractivity contribution >= 4 is 5.97 Å². The Bertz CT molecular complexity index is 582. The van der Waals surface area contributed by atoms with Crippen LogP contribution in [-0.4, -0.2) is 28.9 Å². The average Bonchev–Trinajstić information content (AvgIpc) is 2.80. The first-order chi connectivity index (χ1) is 16.0. The van der Waals surface area contributed by atoms with Gasteiger partial charge in [0.1, 0.15) is 5.75 Å². The molecule has 0 amide bonds. The van der Waals surface area contributed by atoms with E-state index < -0.39 is 12.1 Å². The third kappa shape index (κ3) is 17.6. The molecule has 0 aliphatic heterocycles.